The number of likely N-dealkylation sites (tertiary alicyclic amines) is 1. The minimum Gasteiger partial charge on any atom is -0.480 e. The number of carbonyl (C=O) groups excluding carboxylic acids is 2. The number of nitrogens with one attached hydrogen (secondary N) is 1. The quantitative estimate of drug-likeness (QED) is 0.765. The van der Waals surface area contributed by atoms with Gasteiger partial charge < -0.3 is 15.3 Å². The fourth-order valence-electron chi connectivity index (χ4n) is 3.43. The summed E-state index contributed by atoms with van der Waals surface area (Å²) in [6.07, 6.45) is 3.64. The van der Waals surface area contributed by atoms with Crippen molar-refractivity contribution in [3.05, 3.63) is 35.9 Å². The van der Waals surface area contributed by atoms with Crippen molar-refractivity contribution in [2.75, 3.05) is 19.6 Å². The number of carboxylic acids is 1. The smallest absolute Gasteiger partial charge is 0.319 e. The number of rotatable bonds is 6. The molecule has 6 nitrogen and oxygen atoms in total. The Kier molecular flexibility index (Phi) is 5.06. The monoisotopic (exact) mass is 344 g/mol. The van der Waals surface area contributed by atoms with Crippen molar-refractivity contribution < 1.29 is 19.5 Å². The van der Waals surface area contributed by atoms with Crippen molar-refractivity contribution in [3.63, 3.8) is 0 Å². The molecule has 134 valence electrons. The second kappa shape index (κ2) is 7.25. The highest BCUT2D eigenvalue weighted by Crippen LogP contribution is 2.46. The molecule has 25 heavy (non-hydrogen) atoms. The van der Waals surface area contributed by atoms with Gasteiger partial charge in [0.2, 0.25) is 11.8 Å². The average Bonchev–Trinajstić information content (AvgIpc) is 3.43. The molecule has 1 aliphatic carbocycles. The van der Waals surface area contributed by atoms with Crippen LogP contribution in [-0.4, -0.2) is 47.4 Å². The Bertz CT molecular complexity index is 647. The van der Waals surface area contributed by atoms with Crippen LogP contribution in [0.3, 0.4) is 0 Å². The molecular weight excluding hydrogens is 320 g/mol. The highest BCUT2D eigenvalue weighted by Gasteiger charge is 2.57. The Morgan fingerprint density at radius 2 is 1.76 bits per heavy atom. The lowest BCUT2D eigenvalue weighted by Gasteiger charge is -2.32. The molecule has 0 spiro atoms. The number of carbonyl (C=O) groups is 3. The Morgan fingerprint density at radius 1 is 1.12 bits per heavy atom. The summed E-state index contributed by atoms with van der Waals surface area (Å²) in [6.45, 7) is 1.27. The topological polar surface area (TPSA) is 86.7 Å². The minimum absolute atomic E-state index is 0.114. The summed E-state index contributed by atoms with van der Waals surface area (Å²) in [5, 5.41) is 11.6. The van der Waals surface area contributed by atoms with E-state index < -0.39 is 17.3 Å². The maximum absolute atomic E-state index is 12.2. The lowest BCUT2D eigenvalue weighted by atomic mass is 9.90. The van der Waals surface area contributed by atoms with E-state index in [2.05, 4.69) is 17.4 Å². The molecule has 0 atom stereocenters. The van der Waals surface area contributed by atoms with Crippen molar-refractivity contribution >= 4 is 17.8 Å². The van der Waals surface area contributed by atoms with E-state index in [4.69, 9.17) is 5.11 Å². The van der Waals surface area contributed by atoms with Crippen LogP contribution in [0.25, 0.3) is 0 Å². The molecule has 2 aliphatic rings. The van der Waals surface area contributed by atoms with Gasteiger partial charge in [0.15, 0.2) is 0 Å². The van der Waals surface area contributed by atoms with Crippen molar-refractivity contribution in [1.29, 1.82) is 0 Å². The lowest BCUT2D eigenvalue weighted by Crippen LogP contribution is -2.46. The summed E-state index contributed by atoms with van der Waals surface area (Å²) in [7, 11) is 0. The number of carboxylic acid groups (broad SMARTS) is 1. The van der Waals surface area contributed by atoms with E-state index in [9.17, 15) is 14.4 Å². The van der Waals surface area contributed by atoms with Crippen LogP contribution in [0.15, 0.2) is 30.3 Å². The summed E-state index contributed by atoms with van der Waals surface area (Å²) >= 11 is 0. The Labute approximate surface area is 147 Å². The van der Waals surface area contributed by atoms with Gasteiger partial charge in [-0.05, 0) is 43.6 Å². The average molecular weight is 344 g/mol. The van der Waals surface area contributed by atoms with Gasteiger partial charge >= 0.3 is 5.97 Å². The predicted molar refractivity (Wildman–Crippen MR) is 91.8 cm³/mol. The van der Waals surface area contributed by atoms with Gasteiger partial charge in [-0.15, -0.1) is 0 Å². The normalized spacial score (nSPS) is 19.3. The maximum Gasteiger partial charge on any atom is 0.319 e. The van der Waals surface area contributed by atoms with Crippen molar-refractivity contribution in [2.45, 2.75) is 32.1 Å². The van der Waals surface area contributed by atoms with Gasteiger partial charge in [-0.1, -0.05) is 30.3 Å². The first-order chi connectivity index (χ1) is 12.0. The molecule has 0 radical (unpaired) electrons. The summed E-state index contributed by atoms with van der Waals surface area (Å²) in [4.78, 5) is 37.1. The van der Waals surface area contributed by atoms with E-state index in [0.29, 0.717) is 31.8 Å². The third kappa shape index (κ3) is 4.00. The fraction of sp³-hybridized carbons (Fsp3) is 0.526. The van der Waals surface area contributed by atoms with E-state index >= 15 is 0 Å². The summed E-state index contributed by atoms with van der Waals surface area (Å²) < 4.78 is 0. The van der Waals surface area contributed by atoms with Crippen molar-refractivity contribution in [2.24, 2.45) is 11.3 Å². The number of amides is 2. The van der Waals surface area contributed by atoms with E-state index in [1.54, 1.807) is 4.90 Å². The number of piperidine rings is 1. The molecule has 1 aromatic carbocycles. The van der Waals surface area contributed by atoms with Gasteiger partial charge in [0.25, 0.3) is 0 Å². The number of aliphatic carboxylic acids is 1. The molecule has 2 N–H and O–H groups in total. The largest absolute Gasteiger partial charge is 0.480 e. The second-order valence-corrected chi connectivity index (χ2v) is 7.08. The summed E-state index contributed by atoms with van der Waals surface area (Å²) in [5.41, 5.74) is 0.0334. The first-order valence-corrected chi connectivity index (χ1v) is 8.85. The zero-order chi connectivity index (χ0) is 17.9. The third-order valence-electron chi connectivity index (χ3n) is 5.33. The van der Waals surface area contributed by atoms with Crippen LogP contribution in [0, 0.1) is 11.3 Å². The van der Waals surface area contributed by atoms with E-state index in [0.717, 1.165) is 19.3 Å². The molecule has 0 unspecified atom stereocenters. The fourth-order valence-corrected chi connectivity index (χ4v) is 3.43. The molecule has 3 rings (SSSR count). The van der Waals surface area contributed by atoms with Gasteiger partial charge in [0.1, 0.15) is 5.41 Å². The molecule has 1 aliphatic heterocycles. The Morgan fingerprint density at radius 3 is 2.32 bits per heavy atom. The molecule has 6 heteroatoms. The molecule has 1 saturated carbocycles. The number of hydrogen-bond donors (Lipinski definition) is 2. The highest BCUT2D eigenvalue weighted by molar-refractivity contribution is 6.05. The Hall–Kier alpha value is -2.37. The molecule has 1 aromatic rings. The summed E-state index contributed by atoms with van der Waals surface area (Å²) in [5.74, 6) is -1.19. The lowest BCUT2D eigenvalue weighted by molar-refractivity contribution is -0.149. The zero-order valence-electron chi connectivity index (χ0n) is 14.2. The standard InChI is InChI=1S/C19H24N2O4/c22-16(13-20-17(23)19(8-9-19)18(24)25)21-10-6-15(7-11-21)12-14-4-2-1-3-5-14/h1-5,15H,6-13H2,(H,20,23)(H,24,25). The van der Waals surface area contributed by atoms with Crippen LogP contribution in [0.4, 0.5) is 0 Å². The van der Waals surface area contributed by atoms with Gasteiger partial charge in [-0.3, -0.25) is 14.4 Å². The van der Waals surface area contributed by atoms with Crippen LogP contribution in [0.1, 0.15) is 31.2 Å². The summed E-state index contributed by atoms with van der Waals surface area (Å²) in [6, 6.07) is 10.3. The Balaban J connectivity index is 1.41. The first kappa shape index (κ1) is 17.5. The third-order valence-corrected chi connectivity index (χ3v) is 5.33. The van der Waals surface area contributed by atoms with Crippen LogP contribution in [-0.2, 0) is 20.8 Å². The number of benzene rings is 1. The number of nitrogens with zero attached hydrogens (tertiary/aromatic N) is 1. The van der Waals surface area contributed by atoms with Gasteiger partial charge in [0, 0.05) is 13.1 Å². The SMILES string of the molecule is O=C(CNC(=O)C1(C(=O)O)CC1)N1CCC(Cc2ccccc2)CC1. The van der Waals surface area contributed by atoms with E-state index in [1.165, 1.54) is 5.56 Å². The van der Waals surface area contributed by atoms with Gasteiger partial charge in [0.05, 0.1) is 6.54 Å². The minimum atomic E-state index is -1.29. The maximum atomic E-state index is 12.2. The molecule has 0 aromatic heterocycles. The van der Waals surface area contributed by atoms with Crippen molar-refractivity contribution in [3.8, 4) is 0 Å². The van der Waals surface area contributed by atoms with Crippen LogP contribution in [0.5, 0.6) is 0 Å². The van der Waals surface area contributed by atoms with E-state index in [-0.39, 0.29) is 12.5 Å². The van der Waals surface area contributed by atoms with Gasteiger partial charge in [-0.2, -0.15) is 0 Å². The highest BCUT2D eigenvalue weighted by atomic mass is 16.4. The molecule has 2 amide bonds. The molecule has 2 fully saturated rings. The molecule has 1 saturated heterocycles. The second-order valence-electron chi connectivity index (χ2n) is 7.08. The zero-order valence-corrected chi connectivity index (χ0v) is 14.2. The van der Waals surface area contributed by atoms with E-state index in [1.807, 2.05) is 18.2 Å². The van der Waals surface area contributed by atoms with Crippen LogP contribution in [0.2, 0.25) is 0 Å². The van der Waals surface area contributed by atoms with Gasteiger partial charge in [-0.25, -0.2) is 0 Å². The first-order valence-electron chi connectivity index (χ1n) is 8.85. The molecule has 0 bridgehead atoms. The predicted octanol–water partition coefficient (Wildman–Crippen LogP) is 1.45. The number of hydrogen-bond acceptors (Lipinski definition) is 3. The van der Waals surface area contributed by atoms with Crippen molar-refractivity contribution in [1.82, 2.24) is 10.2 Å². The van der Waals surface area contributed by atoms with Crippen LogP contribution < -0.4 is 5.32 Å². The molecule has 1 heterocycles. The van der Waals surface area contributed by atoms with Crippen LogP contribution >= 0.6 is 0 Å². The molecular formula is C19H24N2O4.